The highest BCUT2D eigenvalue weighted by molar-refractivity contribution is 5.94. The van der Waals surface area contributed by atoms with Gasteiger partial charge in [0.25, 0.3) is 5.91 Å². The molecule has 0 saturated heterocycles. The fraction of sp³-hybridized carbons (Fsp3) is 0.250. The lowest BCUT2D eigenvalue weighted by Crippen LogP contribution is -2.36. The van der Waals surface area contributed by atoms with Crippen LogP contribution in [0.1, 0.15) is 30.1 Å². The quantitative estimate of drug-likeness (QED) is 0.676. The monoisotopic (exact) mass is 351 g/mol. The lowest BCUT2D eigenvalue weighted by atomic mass is 10.1. The standard InChI is InChI=1S/C20H21N3O3/c1-14(2)23(20(24)16-9-11-17(25-3)12-10-16)13-18-21-19(22-26-18)15-7-5-4-6-8-15/h4-12,14H,13H2,1-3H3. The van der Waals surface area contributed by atoms with Crippen LogP contribution in [0, 0.1) is 0 Å². The minimum Gasteiger partial charge on any atom is -0.497 e. The molecular weight excluding hydrogens is 330 g/mol. The van der Waals surface area contributed by atoms with Gasteiger partial charge < -0.3 is 14.2 Å². The van der Waals surface area contributed by atoms with E-state index in [9.17, 15) is 4.79 Å². The van der Waals surface area contributed by atoms with Crippen molar-refractivity contribution in [3.8, 4) is 17.1 Å². The van der Waals surface area contributed by atoms with Crippen LogP contribution < -0.4 is 4.74 Å². The maximum atomic E-state index is 12.9. The number of methoxy groups -OCH3 is 1. The summed E-state index contributed by atoms with van der Waals surface area (Å²) in [6.07, 6.45) is 0. The van der Waals surface area contributed by atoms with Gasteiger partial charge in [-0.05, 0) is 38.1 Å². The Kier molecular flexibility index (Phi) is 5.31. The summed E-state index contributed by atoms with van der Waals surface area (Å²) in [4.78, 5) is 19.0. The molecule has 6 heteroatoms. The summed E-state index contributed by atoms with van der Waals surface area (Å²) in [6, 6.07) is 16.6. The number of aromatic nitrogens is 2. The first kappa shape index (κ1) is 17.7. The van der Waals surface area contributed by atoms with Gasteiger partial charge in [-0.15, -0.1) is 0 Å². The third-order valence-corrected chi connectivity index (χ3v) is 4.03. The summed E-state index contributed by atoms with van der Waals surface area (Å²) < 4.78 is 10.5. The molecule has 2 aromatic carbocycles. The van der Waals surface area contributed by atoms with Gasteiger partial charge in [-0.2, -0.15) is 4.98 Å². The molecule has 0 bridgehead atoms. The SMILES string of the molecule is COc1ccc(C(=O)N(Cc2nc(-c3ccccc3)no2)C(C)C)cc1. The molecule has 0 radical (unpaired) electrons. The van der Waals surface area contributed by atoms with Crippen LogP contribution in [0.4, 0.5) is 0 Å². The molecule has 0 aliphatic heterocycles. The smallest absolute Gasteiger partial charge is 0.254 e. The Balaban J connectivity index is 1.78. The van der Waals surface area contributed by atoms with Gasteiger partial charge in [0, 0.05) is 17.2 Å². The molecule has 26 heavy (non-hydrogen) atoms. The number of nitrogens with zero attached hydrogens (tertiary/aromatic N) is 3. The molecule has 1 amide bonds. The molecule has 134 valence electrons. The van der Waals surface area contributed by atoms with Gasteiger partial charge in [-0.3, -0.25) is 4.79 Å². The van der Waals surface area contributed by atoms with Gasteiger partial charge in [0.2, 0.25) is 11.7 Å². The van der Waals surface area contributed by atoms with Crippen molar-refractivity contribution in [2.24, 2.45) is 0 Å². The lowest BCUT2D eigenvalue weighted by molar-refractivity contribution is 0.0667. The third-order valence-electron chi connectivity index (χ3n) is 4.03. The molecule has 0 fully saturated rings. The fourth-order valence-corrected chi connectivity index (χ4v) is 2.56. The molecular formula is C20H21N3O3. The van der Waals surface area contributed by atoms with Gasteiger partial charge in [-0.1, -0.05) is 35.5 Å². The summed E-state index contributed by atoms with van der Waals surface area (Å²) >= 11 is 0. The summed E-state index contributed by atoms with van der Waals surface area (Å²) in [5.74, 6) is 1.53. The van der Waals surface area contributed by atoms with Crippen molar-refractivity contribution in [3.05, 3.63) is 66.1 Å². The van der Waals surface area contributed by atoms with Gasteiger partial charge in [0.15, 0.2) is 0 Å². The third kappa shape index (κ3) is 3.91. The van der Waals surface area contributed by atoms with E-state index in [1.54, 1.807) is 36.3 Å². The first-order valence-electron chi connectivity index (χ1n) is 8.41. The van der Waals surface area contributed by atoms with Crippen LogP contribution in [-0.4, -0.2) is 34.1 Å². The molecule has 3 rings (SSSR count). The molecule has 0 saturated carbocycles. The average Bonchev–Trinajstić information content (AvgIpc) is 3.15. The zero-order valence-corrected chi connectivity index (χ0v) is 15.0. The van der Waals surface area contributed by atoms with E-state index in [1.807, 2.05) is 44.2 Å². The Bertz CT molecular complexity index is 858. The Morgan fingerprint density at radius 2 is 1.81 bits per heavy atom. The predicted molar refractivity (Wildman–Crippen MR) is 97.7 cm³/mol. The number of carbonyl (C=O) groups excluding carboxylic acids is 1. The maximum Gasteiger partial charge on any atom is 0.254 e. The predicted octanol–water partition coefficient (Wildman–Crippen LogP) is 3.80. The van der Waals surface area contributed by atoms with Crippen LogP contribution >= 0.6 is 0 Å². The van der Waals surface area contributed by atoms with Crippen LogP contribution in [0.15, 0.2) is 59.1 Å². The van der Waals surface area contributed by atoms with Crippen molar-refractivity contribution in [2.75, 3.05) is 7.11 Å². The Morgan fingerprint density at radius 1 is 1.12 bits per heavy atom. The first-order valence-corrected chi connectivity index (χ1v) is 8.41. The van der Waals surface area contributed by atoms with E-state index in [2.05, 4.69) is 10.1 Å². The minimum atomic E-state index is -0.0953. The zero-order chi connectivity index (χ0) is 18.5. The van der Waals surface area contributed by atoms with Gasteiger partial charge >= 0.3 is 0 Å². The molecule has 0 aliphatic rings. The van der Waals surface area contributed by atoms with Crippen molar-refractivity contribution in [2.45, 2.75) is 26.4 Å². The highest BCUT2D eigenvalue weighted by Gasteiger charge is 2.22. The van der Waals surface area contributed by atoms with E-state index < -0.39 is 0 Å². The molecule has 0 aliphatic carbocycles. The Labute approximate surface area is 152 Å². The average molecular weight is 351 g/mol. The topological polar surface area (TPSA) is 68.5 Å². The maximum absolute atomic E-state index is 12.9. The second kappa shape index (κ2) is 7.82. The van der Waals surface area contributed by atoms with Crippen LogP contribution in [-0.2, 0) is 6.54 Å². The normalized spacial score (nSPS) is 10.8. The second-order valence-electron chi connectivity index (χ2n) is 6.13. The van der Waals surface area contributed by atoms with Crippen molar-refractivity contribution < 1.29 is 14.1 Å². The molecule has 1 aromatic heterocycles. The van der Waals surface area contributed by atoms with Crippen molar-refractivity contribution in [3.63, 3.8) is 0 Å². The van der Waals surface area contributed by atoms with E-state index >= 15 is 0 Å². The lowest BCUT2D eigenvalue weighted by Gasteiger charge is -2.25. The van der Waals surface area contributed by atoms with E-state index in [0.29, 0.717) is 23.0 Å². The van der Waals surface area contributed by atoms with Crippen molar-refractivity contribution in [1.29, 1.82) is 0 Å². The molecule has 1 heterocycles. The molecule has 3 aromatic rings. The number of ether oxygens (including phenoxy) is 1. The number of hydrogen-bond acceptors (Lipinski definition) is 5. The molecule has 0 atom stereocenters. The van der Waals surface area contributed by atoms with E-state index in [-0.39, 0.29) is 18.5 Å². The van der Waals surface area contributed by atoms with Gasteiger partial charge in [0.05, 0.1) is 7.11 Å². The summed E-state index contributed by atoms with van der Waals surface area (Å²) in [5, 5.41) is 4.01. The Hall–Kier alpha value is -3.15. The highest BCUT2D eigenvalue weighted by Crippen LogP contribution is 2.19. The van der Waals surface area contributed by atoms with E-state index in [0.717, 1.165) is 5.56 Å². The highest BCUT2D eigenvalue weighted by atomic mass is 16.5. The largest absolute Gasteiger partial charge is 0.497 e. The van der Waals surface area contributed by atoms with Crippen molar-refractivity contribution >= 4 is 5.91 Å². The first-order chi connectivity index (χ1) is 12.6. The number of amides is 1. The van der Waals surface area contributed by atoms with Crippen LogP contribution in [0.5, 0.6) is 5.75 Å². The molecule has 6 nitrogen and oxygen atoms in total. The number of carbonyl (C=O) groups is 1. The Morgan fingerprint density at radius 3 is 2.42 bits per heavy atom. The fourth-order valence-electron chi connectivity index (χ4n) is 2.56. The molecule has 0 N–H and O–H groups in total. The molecule has 0 spiro atoms. The van der Waals surface area contributed by atoms with E-state index in [4.69, 9.17) is 9.26 Å². The van der Waals surface area contributed by atoms with Crippen LogP contribution in [0.3, 0.4) is 0 Å². The van der Waals surface area contributed by atoms with Crippen LogP contribution in [0.2, 0.25) is 0 Å². The number of benzene rings is 2. The number of hydrogen-bond donors (Lipinski definition) is 0. The van der Waals surface area contributed by atoms with Crippen molar-refractivity contribution in [1.82, 2.24) is 15.0 Å². The van der Waals surface area contributed by atoms with Gasteiger partial charge in [0.1, 0.15) is 12.3 Å². The zero-order valence-electron chi connectivity index (χ0n) is 15.0. The summed E-state index contributed by atoms with van der Waals surface area (Å²) in [7, 11) is 1.59. The summed E-state index contributed by atoms with van der Waals surface area (Å²) in [6.45, 7) is 4.16. The molecule has 0 unspecified atom stereocenters. The van der Waals surface area contributed by atoms with E-state index in [1.165, 1.54) is 0 Å². The second-order valence-corrected chi connectivity index (χ2v) is 6.13. The minimum absolute atomic E-state index is 0.0170. The van der Waals surface area contributed by atoms with Crippen LogP contribution in [0.25, 0.3) is 11.4 Å². The van der Waals surface area contributed by atoms with Gasteiger partial charge in [-0.25, -0.2) is 0 Å². The number of rotatable bonds is 6. The summed E-state index contributed by atoms with van der Waals surface area (Å²) in [5.41, 5.74) is 1.46.